The van der Waals surface area contributed by atoms with Gasteiger partial charge in [0.2, 0.25) is 0 Å². The van der Waals surface area contributed by atoms with E-state index < -0.39 is 15.1 Å². The number of rotatable bonds is 1. The zero-order chi connectivity index (χ0) is 6.78. The first-order valence-electron chi connectivity index (χ1n) is 2.01. The van der Waals surface area contributed by atoms with Crippen molar-refractivity contribution in [1.82, 2.24) is 0 Å². The van der Waals surface area contributed by atoms with Crippen LogP contribution in [-0.2, 0) is 9.84 Å². The molecule has 0 bridgehead atoms. The quantitative estimate of drug-likeness (QED) is 0.477. The Kier molecular flexibility index (Phi) is 2.05. The Hall–Kier alpha value is -0.490. The Bertz CT molecular complexity index is 195. The summed E-state index contributed by atoms with van der Waals surface area (Å²) in [6.45, 7) is 1.42. The molecule has 2 nitrogen and oxygen atoms in total. The lowest BCUT2D eigenvalue weighted by Gasteiger charge is -1.95. The summed E-state index contributed by atoms with van der Waals surface area (Å²) in [6.07, 6.45) is 7.66. The van der Waals surface area contributed by atoms with Crippen LogP contribution in [0.2, 0.25) is 0 Å². The SMILES string of the molecule is C#CC(C)S([CH2])(=O)=O. The van der Waals surface area contributed by atoms with Gasteiger partial charge in [0.05, 0.1) is 6.26 Å². The van der Waals surface area contributed by atoms with E-state index in [1.54, 1.807) is 0 Å². The molecule has 0 N–H and O–H groups in total. The van der Waals surface area contributed by atoms with Gasteiger partial charge in [0, 0.05) is 0 Å². The smallest absolute Gasteiger partial charge is 0.165 e. The molecule has 0 aromatic carbocycles. The Morgan fingerprint density at radius 3 is 2.12 bits per heavy atom. The van der Waals surface area contributed by atoms with Crippen molar-refractivity contribution < 1.29 is 8.42 Å². The minimum absolute atomic E-state index is 0.762. The average Bonchev–Trinajstić information content (AvgIpc) is 1.62. The van der Waals surface area contributed by atoms with Crippen molar-refractivity contribution >= 4 is 9.84 Å². The van der Waals surface area contributed by atoms with Crippen molar-refractivity contribution in [1.29, 1.82) is 0 Å². The summed E-state index contributed by atoms with van der Waals surface area (Å²) in [5, 5.41) is -0.762. The molecule has 0 spiro atoms. The lowest BCUT2D eigenvalue weighted by molar-refractivity contribution is 0.601. The van der Waals surface area contributed by atoms with E-state index in [0.717, 1.165) is 0 Å². The molecule has 0 saturated heterocycles. The third-order valence-corrected chi connectivity index (χ3v) is 1.99. The van der Waals surface area contributed by atoms with E-state index in [-0.39, 0.29) is 0 Å². The molecule has 0 rings (SSSR count). The van der Waals surface area contributed by atoms with Gasteiger partial charge < -0.3 is 0 Å². The lowest BCUT2D eigenvalue weighted by Crippen LogP contribution is -2.10. The van der Waals surface area contributed by atoms with Crippen LogP contribution in [0.15, 0.2) is 0 Å². The maximum absolute atomic E-state index is 10.3. The van der Waals surface area contributed by atoms with Crippen LogP contribution in [0.1, 0.15) is 6.92 Å². The first-order valence-corrected chi connectivity index (χ1v) is 3.73. The van der Waals surface area contributed by atoms with Crippen molar-refractivity contribution in [2.45, 2.75) is 12.2 Å². The van der Waals surface area contributed by atoms with E-state index in [1.165, 1.54) is 6.92 Å². The molecule has 0 aliphatic heterocycles. The molecule has 0 aromatic heterocycles. The highest BCUT2D eigenvalue weighted by molar-refractivity contribution is 7.93. The van der Waals surface area contributed by atoms with Gasteiger partial charge in [0.1, 0.15) is 5.25 Å². The van der Waals surface area contributed by atoms with Crippen molar-refractivity contribution in [3.63, 3.8) is 0 Å². The van der Waals surface area contributed by atoms with Crippen molar-refractivity contribution in [2.24, 2.45) is 0 Å². The maximum atomic E-state index is 10.3. The minimum atomic E-state index is -3.24. The first-order chi connectivity index (χ1) is 3.48. The van der Waals surface area contributed by atoms with Gasteiger partial charge in [-0.3, -0.25) is 0 Å². The van der Waals surface area contributed by atoms with Gasteiger partial charge in [-0.25, -0.2) is 8.42 Å². The zero-order valence-electron chi connectivity index (χ0n) is 4.59. The molecular weight excluding hydrogens is 124 g/mol. The highest BCUT2D eigenvalue weighted by Crippen LogP contribution is 1.95. The number of terminal acetylenes is 1. The van der Waals surface area contributed by atoms with Crippen LogP contribution in [-0.4, -0.2) is 13.7 Å². The van der Waals surface area contributed by atoms with Crippen LogP contribution >= 0.6 is 0 Å². The van der Waals surface area contributed by atoms with Crippen molar-refractivity contribution in [2.75, 3.05) is 0 Å². The van der Waals surface area contributed by atoms with Gasteiger partial charge in [-0.05, 0) is 6.92 Å². The fourth-order valence-corrected chi connectivity index (χ4v) is 0.311. The third kappa shape index (κ3) is 1.99. The van der Waals surface area contributed by atoms with Gasteiger partial charge in [-0.15, -0.1) is 6.42 Å². The molecule has 0 fully saturated rings. The maximum Gasteiger partial charge on any atom is 0.165 e. The second-order valence-corrected chi connectivity index (χ2v) is 3.50. The van der Waals surface area contributed by atoms with Gasteiger partial charge in [0.15, 0.2) is 9.84 Å². The van der Waals surface area contributed by atoms with E-state index in [1.807, 2.05) is 0 Å². The van der Waals surface area contributed by atoms with E-state index in [9.17, 15) is 8.42 Å². The Morgan fingerprint density at radius 2 is 2.12 bits per heavy atom. The normalized spacial score (nSPS) is 14.6. The fraction of sp³-hybridized carbons (Fsp3) is 0.400. The summed E-state index contributed by atoms with van der Waals surface area (Å²) in [7, 11) is -3.24. The molecule has 1 unspecified atom stereocenters. The number of hydrogen-bond donors (Lipinski definition) is 0. The van der Waals surface area contributed by atoms with Crippen LogP contribution < -0.4 is 0 Å². The van der Waals surface area contributed by atoms with Crippen molar-refractivity contribution in [3.05, 3.63) is 6.26 Å². The highest BCUT2D eigenvalue weighted by atomic mass is 32.2. The second-order valence-electron chi connectivity index (χ2n) is 1.47. The van der Waals surface area contributed by atoms with Crippen molar-refractivity contribution in [3.8, 4) is 12.3 Å². The standard InChI is InChI=1S/C5H7O2S/c1-4-5(2)8(3,6)7/h1,5H,3H2,2H3. The summed E-state index contributed by atoms with van der Waals surface area (Å²) in [6, 6.07) is 0. The zero-order valence-corrected chi connectivity index (χ0v) is 5.40. The summed E-state index contributed by atoms with van der Waals surface area (Å²) in [4.78, 5) is 0. The monoisotopic (exact) mass is 131 g/mol. The third-order valence-electron chi connectivity index (χ3n) is 0.773. The molecule has 0 saturated carbocycles. The molecule has 1 atom stereocenters. The summed E-state index contributed by atoms with van der Waals surface area (Å²) in [5.74, 6) is 2.05. The molecule has 3 heteroatoms. The molecule has 0 aliphatic carbocycles. The van der Waals surface area contributed by atoms with E-state index in [4.69, 9.17) is 6.42 Å². The summed E-state index contributed by atoms with van der Waals surface area (Å²) in [5.41, 5.74) is 0. The molecule has 0 aliphatic rings. The van der Waals surface area contributed by atoms with Gasteiger partial charge in [-0.2, -0.15) is 0 Å². The van der Waals surface area contributed by atoms with Gasteiger partial charge in [0.25, 0.3) is 0 Å². The summed E-state index contributed by atoms with van der Waals surface area (Å²) >= 11 is 0. The van der Waals surface area contributed by atoms with E-state index in [0.29, 0.717) is 0 Å². The summed E-state index contributed by atoms with van der Waals surface area (Å²) < 4.78 is 20.6. The lowest BCUT2D eigenvalue weighted by atomic mass is 10.5. The molecule has 0 amide bonds. The van der Waals surface area contributed by atoms with Gasteiger partial charge in [-0.1, -0.05) is 5.92 Å². The van der Waals surface area contributed by atoms with Crippen LogP contribution in [0, 0.1) is 18.6 Å². The highest BCUT2D eigenvalue weighted by Gasteiger charge is 2.09. The Labute approximate surface area is 49.8 Å². The fourth-order valence-electron chi connectivity index (χ4n) is 0.104. The number of sulfone groups is 1. The molecule has 8 heavy (non-hydrogen) atoms. The molecule has 0 aromatic rings. The van der Waals surface area contributed by atoms with Crippen LogP contribution in [0.5, 0.6) is 0 Å². The first kappa shape index (κ1) is 7.51. The molecule has 45 valence electrons. The van der Waals surface area contributed by atoms with Crippen LogP contribution in [0.25, 0.3) is 0 Å². The van der Waals surface area contributed by atoms with Crippen LogP contribution in [0.4, 0.5) is 0 Å². The average molecular weight is 131 g/mol. The van der Waals surface area contributed by atoms with E-state index in [2.05, 4.69) is 12.2 Å². The van der Waals surface area contributed by atoms with E-state index >= 15 is 0 Å². The molecular formula is C5H7O2S. The number of hydrogen-bond acceptors (Lipinski definition) is 2. The predicted octanol–water partition coefficient (Wildman–Crippen LogP) is 0.214. The van der Waals surface area contributed by atoms with Gasteiger partial charge >= 0.3 is 0 Å². The topological polar surface area (TPSA) is 34.1 Å². The van der Waals surface area contributed by atoms with Crippen LogP contribution in [0.3, 0.4) is 0 Å². The Balaban J connectivity index is 4.34. The largest absolute Gasteiger partial charge is 0.228 e. The molecule has 0 heterocycles. The predicted molar refractivity (Wildman–Crippen MR) is 32.6 cm³/mol. The molecule has 1 radical (unpaired) electrons. The second kappa shape index (κ2) is 2.19. The minimum Gasteiger partial charge on any atom is -0.228 e. The Morgan fingerprint density at radius 1 is 1.75 bits per heavy atom.